The first-order chi connectivity index (χ1) is 12.1. The molecule has 0 spiro atoms. The fourth-order valence-electron chi connectivity index (χ4n) is 3.28. The van der Waals surface area contributed by atoms with Crippen molar-refractivity contribution in [3.8, 4) is 5.75 Å². The number of benzene rings is 1. The van der Waals surface area contributed by atoms with E-state index in [1.54, 1.807) is 9.80 Å². The number of likely N-dealkylation sites (tertiary alicyclic amines) is 1. The molecule has 2 heterocycles. The zero-order chi connectivity index (χ0) is 17.8. The highest BCUT2D eigenvalue weighted by Gasteiger charge is 2.33. The molecule has 2 N–H and O–H groups in total. The Balaban J connectivity index is 1.55. The van der Waals surface area contributed by atoms with Crippen molar-refractivity contribution in [2.75, 3.05) is 31.1 Å². The summed E-state index contributed by atoms with van der Waals surface area (Å²) in [6, 6.07) is 7.06. The summed E-state index contributed by atoms with van der Waals surface area (Å²) >= 11 is 0. The third-order valence-electron chi connectivity index (χ3n) is 4.66. The molecule has 3 amide bonds. The maximum atomic E-state index is 12.3. The van der Waals surface area contributed by atoms with Gasteiger partial charge in [0.05, 0.1) is 18.8 Å². The number of aliphatic hydroxyl groups is 1. The van der Waals surface area contributed by atoms with E-state index in [-0.39, 0.29) is 24.1 Å². The average molecular weight is 347 g/mol. The first-order valence-corrected chi connectivity index (χ1v) is 8.83. The van der Waals surface area contributed by atoms with Crippen molar-refractivity contribution in [1.29, 1.82) is 0 Å². The lowest BCUT2D eigenvalue weighted by atomic mass is 10.1. The molecular formula is C18H25N3O4. The average Bonchev–Trinajstić information content (AvgIpc) is 2.96. The predicted molar refractivity (Wildman–Crippen MR) is 93.7 cm³/mol. The van der Waals surface area contributed by atoms with E-state index in [0.29, 0.717) is 45.5 Å². The molecule has 0 aromatic heterocycles. The van der Waals surface area contributed by atoms with Crippen LogP contribution in [-0.2, 0) is 4.79 Å². The molecule has 0 radical (unpaired) electrons. The largest absolute Gasteiger partial charge is 0.494 e. The number of anilines is 1. The number of rotatable bonds is 4. The van der Waals surface area contributed by atoms with Crippen LogP contribution in [0.5, 0.6) is 5.75 Å². The van der Waals surface area contributed by atoms with E-state index < -0.39 is 0 Å². The van der Waals surface area contributed by atoms with E-state index in [2.05, 4.69) is 5.32 Å². The van der Waals surface area contributed by atoms with Gasteiger partial charge in [0.1, 0.15) is 5.75 Å². The number of hydrogen-bond donors (Lipinski definition) is 2. The second-order valence-corrected chi connectivity index (χ2v) is 6.50. The van der Waals surface area contributed by atoms with Gasteiger partial charge in [-0.3, -0.25) is 4.79 Å². The summed E-state index contributed by atoms with van der Waals surface area (Å²) in [5.74, 6) is 0.776. The van der Waals surface area contributed by atoms with Gasteiger partial charge in [0.2, 0.25) is 5.91 Å². The molecule has 1 atom stereocenters. The molecule has 7 nitrogen and oxygen atoms in total. The molecule has 1 aromatic rings. The summed E-state index contributed by atoms with van der Waals surface area (Å²) in [7, 11) is 0. The Morgan fingerprint density at radius 2 is 1.96 bits per heavy atom. The Kier molecular flexibility index (Phi) is 5.43. The Morgan fingerprint density at radius 3 is 2.60 bits per heavy atom. The molecule has 2 saturated heterocycles. The van der Waals surface area contributed by atoms with E-state index in [9.17, 15) is 14.7 Å². The molecule has 7 heteroatoms. The lowest BCUT2D eigenvalue weighted by Crippen LogP contribution is -2.49. The van der Waals surface area contributed by atoms with Gasteiger partial charge < -0.3 is 25.0 Å². The van der Waals surface area contributed by atoms with E-state index in [1.807, 2.05) is 31.2 Å². The van der Waals surface area contributed by atoms with E-state index in [1.165, 1.54) is 0 Å². The van der Waals surface area contributed by atoms with Crippen molar-refractivity contribution in [1.82, 2.24) is 10.2 Å². The molecule has 2 aliphatic rings. The fourth-order valence-corrected chi connectivity index (χ4v) is 3.28. The summed E-state index contributed by atoms with van der Waals surface area (Å²) < 4.78 is 5.42. The maximum absolute atomic E-state index is 12.3. The van der Waals surface area contributed by atoms with Crippen LogP contribution in [0.1, 0.15) is 26.2 Å². The van der Waals surface area contributed by atoms with Gasteiger partial charge in [-0.15, -0.1) is 0 Å². The van der Waals surface area contributed by atoms with Crippen LogP contribution >= 0.6 is 0 Å². The second kappa shape index (κ2) is 7.74. The highest BCUT2D eigenvalue weighted by molar-refractivity contribution is 5.96. The summed E-state index contributed by atoms with van der Waals surface area (Å²) in [6.07, 6.45) is 1.20. The number of aliphatic hydroxyl groups excluding tert-OH is 1. The number of nitrogens with one attached hydrogen (secondary N) is 1. The number of ether oxygens (including phenoxy) is 1. The molecule has 3 rings (SSSR count). The zero-order valence-electron chi connectivity index (χ0n) is 14.5. The fraction of sp³-hybridized carbons (Fsp3) is 0.556. The van der Waals surface area contributed by atoms with Crippen LogP contribution in [0.15, 0.2) is 24.3 Å². The van der Waals surface area contributed by atoms with Crippen molar-refractivity contribution < 1.29 is 19.4 Å². The van der Waals surface area contributed by atoms with Gasteiger partial charge in [-0.25, -0.2) is 4.79 Å². The van der Waals surface area contributed by atoms with E-state index in [0.717, 1.165) is 11.4 Å². The van der Waals surface area contributed by atoms with Gasteiger partial charge in [0.25, 0.3) is 0 Å². The molecule has 136 valence electrons. The van der Waals surface area contributed by atoms with Crippen molar-refractivity contribution >= 4 is 17.6 Å². The monoisotopic (exact) mass is 347 g/mol. The topological polar surface area (TPSA) is 82.1 Å². The van der Waals surface area contributed by atoms with Crippen molar-refractivity contribution in [3.05, 3.63) is 24.3 Å². The minimum atomic E-state index is -0.313. The molecule has 1 aromatic carbocycles. The van der Waals surface area contributed by atoms with Crippen molar-refractivity contribution in [2.24, 2.45) is 0 Å². The number of nitrogens with zero attached hydrogens (tertiary/aromatic N) is 2. The van der Waals surface area contributed by atoms with Gasteiger partial charge in [-0.2, -0.15) is 0 Å². The van der Waals surface area contributed by atoms with Crippen molar-refractivity contribution in [3.63, 3.8) is 0 Å². The van der Waals surface area contributed by atoms with Crippen LogP contribution < -0.4 is 15.0 Å². The molecule has 0 saturated carbocycles. The zero-order valence-corrected chi connectivity index (χ0v) is 14.5. The number of hydrogen-bond acceptors (Lipinski definition) is 4. The molecule has 0 aliphatic carbocycles. The van der Waals surface area contributed by atoms with E-state index >= 15 is 0 Å². The Bertz CT molecular complexity index is 611. The number of carbonyl (C=O) groups is 2. The molecule has 2 aliphatic heterocycles. The van der Waals surface area contributed by atoms with Gasteiger partial charge in [0, 0.05) is 31.7 Å². The Hall–Kier alpha value is -2.28. The summed E-state index contributed by atoms with van der Waals surface area (Å²) in [4.78, 5) is 28.0. The van der Waals surface area contributed by atoms with E-state index in [4.69, 9.17) is 4.74 Å². The molecule has 25 heavy (non-hydrogen) atoms. The Labute approximate surface area is 147 Å². The maximum Gasteiger partial charge on any atom is 0.317 e. The van der Waals surface area contributed by atoms with Crippen LogP contribution in [0.3, 0.4) is 0 Å². The number of urea groups is 1. The highest BCUT2D eigenvalue weighted by atomic mass is 16.5. The molecular weight excluding hydrogens is 322 g/mol. The second-order valence-electron chi connectivity index (χ2n) is 6.50. The SMILES string of the molecule is CCOc1ccc(N2C[C@H](NC(=O)N3CCC(O)CC3)CC2=O)cc1. The van der Waals surface area contributed by atoms with Crippen molar-refractivity contribution in [2.45, 2.75) is 38.3 Å². The normalized spacial score (nSPS) is 21.5. The quantitative estimate of drug-likeness (QED) is 0.862. The van der Waals surface area contributed by atoms with Crippen LogP contribution in [0.4, 0.5) is 10.5 Å². The molecule has 0 unspecified atom stereocenters. The third-order valence-corrected chi connectivity index (χ3v) is 4.66. The Morgan fingerprint density at radius 1 is 1.28 bits per heavy atom. The van der Waals surface area contributed by atoms with Crippen LogP contribution in [0.25, 0.3) is 0 Å². The third kappa shape index (κ3) is 4.22. The van der Waals surface area contributed by atoms with Gasteiger partial charge in [0.15, 0.2) is 0 Å². The van der Waals surface area contributed by atoms with Gasteiger partial charge >= 0.3 is 6.03 Å². The molecule has 0 bridgehead atoms. The first kappa shape index (κ1) is 17.5. The van der Waals surface area contributed by atoms with Crippen LogP contribution in [-0.4, -0.2) is 60.3 Å². The first-order valence-electron chi connectivity index (χ1n) is 8.83. The number of amides is 3. The number of piperidine rings is 1. The highest BCUT2D eigenvalue weighted by Crippen LogP contribution is 2.24. The van der Waals surface area contributed by atoms with Crippen LogP contribution in [0, 0.1) is 0 Å². The standard InChI is InChI=1S/C18H25N3O4/c1-2-25-16-5-3-14(4-6-16)21-12-13(11-17(21)23)19-18(24)20-9-7-15(22)8-10-20/h3-6,13,15,22H,2,7-12H2,1H3,(H,19,24)/t13-/m1/s1. The summed E-state index contributed by atoms with van der Waals surface area (Å²) in [5, 5.41) is 12.5. The minimum Gasteiger partial charge on any atom is -0.494 e. The summed E-state index contributed by atoms with van der Waals surface area (Å²) in [6.45, 7) is 4.10. The molecule has 2 fully saturated rings. The lowest BCUT2D eigenvalue weighted by molar-refractivity contribution is -0.117. The lowest BCUT2D eigenvalue weighted by Gasteiger charge is -2.30. The smallest absolute Gasteiger partial charge is 0.317 e. The minimum absolute atomic E-state index is 0.00327. The van der Waals surface area contributed by atoms with Crippen LogP contribution in [0.2, 0.25) is 0 Å². The predicted octanol–water partition coefficient (Wildman–Crippen LogP) is 1.36. The van der Waals surface area contributed by atoms with Gasteiger partial charge in [-0.1, -0.05) is 0 Å². The van der Waals surface area contributed by atoms with Gasteiger partial charge in [-0.05, 0) is 44.0 Å². The summed E-state index contributed by atoms with van der Waals surface area (Å²) in [5.41, 5.74) is 0.811. The number of carbonyl (C=O) groups excluding carboxylic acids is 2.